The van der Waals surface area contributed by atoms with E-state index >= 15 is 0 Å². The van der Waals surface area contributed by atoms with Crippen LogP contribution in [0.15, 0.2) is 39.5 Å². The van der Waals surface area contributed by atoms with Crippen LogP contribution in [0.25, 0.3) is 0 Å². The van der Waals surface area contributed by atoms with Gasteiger partial charge >= 0.3 is 0 Å². The molecule has 4 heteroatoms. The molecule has 0 aliphatic heterocycles. The summed E-state index contributed by atoms with van der Waals surface area (Å²) in [6.07, 6.45) is 0. The first kappa shape index (κ1) is 29.5. The van der Waals surface area contributed by atoms with E-state index in [1.54, 1.807) is 0 Å². The molecule has 0 heterocycles. The number of hydrogen-bond donors (Lipinski definition) is 2. The molecular weight excluding hydrogens is 184 g/mol. The van der Waals surface area contributed by atoms with Gasteiger partial charge in [-0.05, 0) is 0 Å². The lowest BCUT2D eigenvalue weighted by Crippen LogP contribution is -1.78. The molecule has 0 fully saturated rings. The molecule has 0 unspecified atom stereocenters. The number of carboxylic acids is 2. The maximum absolute atomic E-state index is 9.00. The molecule has 4 nitrogen and oxygen atoms in total. The van der Waals surface area contributed by atoms with Gasteiger partial charge in [-0.3, -0.25) is 9.59 Å². The highest BCUT2D eigenvalue weighted by molar-refractivity contribution is 5.63. The summed E-state index contributed by atoms with van der Waals surface area (Å²) in [7, 11) is 0. The maximum Gasteiger partial charge on any atom is 0.300 e. The van der Waals surface area contributed by atoms with Gasteiger partial charge in [-0.25, -0.2) is 0 Å². The number of carboxylic acid groups (broad SMARTS) is 2. The molecule has 14 heavy (non-hydrogen) atoms. The first-order valence-corrected chi connectivity index (χ1v) is 3.36. The largest absolute Gasteiger partial charge is 0.481 e. The average Bonchev–Trinajstić information content (AvgIpc) is 2.12. The van der Waals surface area contributed by atoms with Gasteiger partial charge in [-0.2, -0.15) is 0 Å². The van der Waals surface area contributed by atoms with Crippen molar-refractivity contribution in [2.24, 2.45) is 0 Å². The minimum atomic E-state index is -0.833. The van der Waals surface area contributed by atoms with E-state index in [4.69, 9.17) is 19.8 Å². The Kier molecular flexibility index (Phi) is 140. The molecule has 0 saturated heterocycles. The average molecular weight is 204 g/mol. The lowest BCUT2D eigenvalue weighted by Gasteiger charge is -1.59. The summed E-state index contributed by atoms with van der Waals surface area (Å²) in [4.78, 5) is 18.0. The van der Waals surface area contributed by atoms with Crippen LogP contribution in [0.4, 0.5) is 0 Å². The van der Waals surface area contributed by atoms with Crippen LogP contribution in [0, 0.1) is 0 Å². The Morgan fingerprint density at radius 1 is 0.714 bits per heavy atom. The standard InChI is InChI=1S/2C2H4O2.3C2H4/c2*1-2(3)4;3*1-2/h2*1H3,(H,3,4);3*1-2H2. The fraction of sp³-hybridized carbons (Fsp3) is 0.200. The van der Waals surface area contributed by atoms with Gasteiger partial charge in [0.1, 0.15) is 0 Å². The lowest BCUT2D eigenvalue weighted by atomic mass is 10.9. The molecule has 0 aromatic rings. The summed E-state index contributed by atoms with van der Waals surface area (Å²) in [5, 5.41) is 14.8. The van der Waals surface area contributed by atoms with Crippen molar-refractivity contribution in [3.8, 4) is 0 Å². The third-order valence-corrected chi connectivity index (χ3v) is 0. The molecule has 0 aliphatic rings. The van der Waals surface area contributed by atoms with Crippen LogP contribution in [0.2, 0.25) is 0 Å². The van der Waals surface area contributed by atoms with Gasteiger partial charge in [0, 0.05) is 13.8 Å². The minimum absolute atomic E-state index is 0.833. The van der Waals surface area contributed by atoms with E-state index in [0.717, 1.165) is 13.8 Å². The Morgan fingerprint density at radius 3 is 0.714 bits per heavy atom. The van der Waals surface area contributed by atoms with Crippen molar-refractivity contribution >= 4 is 11.9 Å². The third-order valence-electron chi connectivity index (χ3n) is 0. The normalized spacial score (nSPS) is 4.43. The number of aliphatic carboxylic acids is 2. The van der Waals surface area contributed by atoms with E-state index in [-0.39, 0.29) is 0 Å². The minimum Gasteiger partial charge on any atom is -0.481 e. The van der Waals surface area contributed by atoms with Crippen LogP contribution in [0.5, 0.6) is 0 Å². The molecule has 0 rings (SSSR count). The van der Waals surface area contributed by atoms with Crippen molar-refractivity contribution in [2.45, 2.75) is 13.8 Å². The second-order valence-corrected chi connectivity index (χ2v) is 1.04. The van der Waals surface area contributed by atoms with E-state index in [2.05, 4.69) is 39.5 Å². The SMILES string of the molecule is C=C.C=C.C=C.CC(=O)O.CC(=O)O. The van der Waals surface area contributed by atoms with E-state index < -0.39 is 11.9 Å². The summed E-state index contributed by atoms with van der Waals surface area (Å²) >= 11 is 0. The first-order valence-electron chi connectivity index (χ1n) is 3.36. The van der Waals surface area contributed by atoms with Gasteiger partial charge in [-0.15, -0.1) is 39.5 Å². The van der Waals surface area contributed by atoms with E-state index in [9.17, 15) is 0 Å². The predicted octanol–water partition coefficient (Wildman–Crippen LogP) is 2.59. The second kappa shape index (κ2) is 66.6. The summed E-state index contributed by atoms with van der Waals surface area (Å²) < 4.78 is 0. The Morgan fingerprint density at radius 2 is 0.714 bits per heavy atom. The molecule has 0 spiro atoms. The van der Waals surface area contributed by atoms with Crippen molar-refractivity contribution in [1.29, 1.82) is 0 Å². The van der Waals surface area contributed by atoms with Crippen molar-refractivity contribution in [3.63, 3.8) is 0 Å². The third kappa shape index (κ3) is 252. The van der Waals surface area contributed by atoms with Crippen LogP contribution in [0.3, 0.4) is 0 Å². The number of rotatable bonds is 0. The fourth-order valence-electron chi connectivity index (χ4n) is 0. The quantitative estimate of drug-likeness (QED) is 0.595. The molecule has 0 aliphatic carbocycles. The van der Waals surface area contributed by atoms with Crippen LogP contribution >= 0.6 is 0 Å². The molecule has 0 radical (unpaired) electrons. The molecule has 0 aromatic heterocycles. The molecule has 0 atom stereocenters. The number of carbonyl (C=O) groups is 2. The molecule has 0 amide bonds. The highest BCUT2D eigenvalue weighted by Crippen LogP contribution is 1.42. The molecule has 0 aromatic carbocycles. The zero-order chi connectivity index (χ0) is 13.2. The summed E-state index contributed by atoms with van der Waals surface area (Å²) in [6, 6.07) is 0. The van der Waals surface area contributed by atoms with Crippen molar-refractivity contribution in [1.82, 2.24) is 0 Å². The summed E-state index contributed by atoms with van der Waals surface area (Å²) in [5.74, 6) is -1.67. The van der Waals surface area contributed by atoms with E-state index in [0.29, 0.717) is 0 Å². The molecule has 0 saturated carbocycles. The van der Waals surface area contributed by atoms with Gasteiger partial charge in [0.05, 0.1) is 0 Å². The Hall–Kier alpha value is -1.84. The van der Waals surface area contributed by atoms with E-state index in [1.807, 2.05) is 0 Å². The van der Waals surface area contributed by atoms with Crippen molar-refractivity contribution < 1.29 is 19.8 Å². The predicted molar refractivity (Wildman–Crippen MR) is 60.4 cm³/mol. The lowest BCUT2D eigenvalue weighted by molar-refractivity contribution is -0.135. The molecule has 0 bridgehead atoms. The van der Waals surface area contributed by atoms with E-state index in [1.165, 1.54) is 0 Å². The summed E-state index contributed by atoms with van der Waals surface area (Å²) in [5.41, 5.74) is 0. The summed E-state index contributed by atoms with van der Waals surface area (Å²) in [6.45, 7) is 20.2. The first-order chi connectivity index (χ1) is 6.46. The Bertz CT molecular complexity index is 96.5. The van der Waals surface area contributed by atoms with Gasteiger partial charge in [0.15, 0.2) is 0 Å². The van der Waals surface area contributed by atoms with Crippen LogP contribution in [-0.4, -0.2) is 22.2 Å². The zero-order valence-electron chi connectivity index (χ0n) is 8.95. The topological polar surface area (TPSA) is 74.6 Å². The maximum atomic E-state index is 9.00. The van der Waals surface area contributed by atoms with Crippen LogP contribution < -0.4 is 0 Å². The number of hydrogen-bond acceptors (Lipinski definition) is 2. The highest BCUT2D eigenvalue weighted by atomic mass is 16.4. The smallest absolute Gasteiger partial charge is 0.300 e. The van der Waals surface area contributed by atoms with Gasteiger partial charge in [-0.1, -0.05) is 0 Å². The van der Waals surface area contributed by atoms with Crippen LogP contribution in [0.1, 0.15) is 13.8 Å². The van der Waals surface area contributed by atoms with Gasteiger partial charge < -0.3 is 10.2 Å². The highest BCUT2D eigenvalue weighted by Gasteiger charge is 1.65. The molecular formula is C10H20O4. The van der Waals surface area contributed by atoms with Gasteiger partial charge in [0.2, 0.25) is 0 Å². The Labute approximate surface area is 85.9 Å². The second-order valence-electron chi connectivity index (χ2n) is 1.04. The Balaban J connectivity index is -0.0000000255. The fourth-order valence-corrected chi connectivity index (χ4v) is 0. The van der Waals surface area contributed by atoms with Crippen molar-refractivity contribution in [2.75, 3.05) is 0 Å². The van der Waals surface area contributed by atoms with Gasteiger partial charge in [0.25, 0.3) is 11.9 Å². The molecule has 2 N–H and O–H groups in total. The molecule has 84 valence electrons. The zero-order valence-corrected chi connectivity index (χ0v) is 8.95. The van der Waals surface area contributed by atoms with Crippen molar-refractivity contribution in [3.05, 3.63) is 39.5 Å². The van der Waals surface area contributed by atoms with Crippen LogP contribution in [-0.2, 0) is 9.59 Å². The monoisotopic (exact) mass is 204 g/mol.